The lowest BCUT2D eigenvalue weighted by Gasteiger charge is -2.16. The summed E-state index contributed by atoms with van der Waals surface area (Å²) in [6.07, 6.45) is 5.39. The smallest absolute Gasteiger partial charge is 0.234 e. The maximum atomic E-state index is 12.3. The zero-order chi connectivity index (χ0) is 14.1. The molecule has 0 radical (unpaired) electrons. The van der Waals surface area contributed by atoms with Crippen LogP contribution >= 0.6 is 0 Å². The van der Waals surface area contributed by atoms with Crippen molar-refractivity contribution in [3.63, 3.8) is 0 Å². The highest BCUT2D eigenvalue weighted by molar-refractivity contribution is 6.05. The molecule has 1 heterocycles. The van der Waals surface area contributed by atoms with Crippen LogP contribution in [0.2, 0.25) is 0 Å². The van der Waals surface area contributed by atoms with Crippen LogP contribution in [0.5, 0.6) is 0 Å². The van der Waals surface area contributed by atoms with Gasteiger partial charge in [0.05, 0.1) is 18.5 Å². The second kappa shape index (κ2) is 5.12. The van der Waals surface area contributed by atoms with Gasteiger partial charge < -0.3 is 5.32 Å². The minimum Gasteiger partial charge on any atom is -0.367 e. The molecule has 2 amide bonds. The van der Waals surface area contributed by atoms with Crippen LogP contribution in [-0.2, 0) is 9.59 Å². The molecule has 0 spiro atoms. The number of hydrogen-bond acceptors (Lipinski definition) is 3. The molecule has 2 aliphatic rings. The molecule has 1 aromatic carbocycles. The van der Waals surface area contributed by atoms with Crippen molar-refractivity contribution in [1.82, 2.24) is 4.90 Å². The van der Waals surface area contributed by atoms with Gasteiger partial charge in [0.2, 0.25) is 11.8 Å². The van der Waals surface area contributed by atoms with Crippen molar-refractivity contribution < 1.29 is 9.59 Å². The van der Waals surface area contributed by atoms with Gasteiger partial charge in [-0.15, -0.1) is 0 Å². The van der Waals surface area contributed by atoms with E-state index in [0.717, 1.165) is 5.69 Å². The van der Waals surface area contributed by atoms with E-state index in [1.54, 1.807) is 0 Å². The number of imide groups is 1. The van der Waals surface area contributed by atoms with E-state index in [4.69, 9.17) is 0 Å². The maximum Gasteiger partial charge on any atom is 0.234 e. The van der Waals surface area contributed by atoms with Crippen LogP contribution in [0.25, 0.3) is 0 Å². The summed E-state index contributed by atoms with van der Waals surface area (Å²) in [5, 5.41) is 3.15. The molecule has 104 valence electrons. The fourth-order valence-corrected chi connectivity index (χ4v) is 2.87. The minimum atomic E-state index is -0.146. The Hall–Kier alpha value is -2.10. The average Bonchev–Trinajstić information content (AvgIpc) is 2.71. The Morgan fingerprint density at radius 1 is 1.05 bits per heavy atom. The van der Waals surface area contributed by atoms with Crippen LogP contribution < -0.4 is 5.32 Å². The van der Waals surface area contributed by atoms with Crippen molar-refractivity contribution in [2.75, 3.05) is 12.0 Å². The number of allylic oxidation sites excluding steroid dienone is 2. The molecule has 1 aliphatic heterocycles. The summed E-state index contributed by atoms with van der Waals surface area (Å²) in [4.78, 5) is 25.9. The lowest BCUT2D eigenvalue weighted by atomic mass is 9.85. The van der Waals surface area contributed by atoms with E-state index in [-0.39, 0.29) is 30.3 Å². The summed E-state index contributed by atoms with van der Waals surface area (Å²) < 4.78 is 0. The van der Waals surface area contributed by atoms with Crippen molar-refractivity contribution in [2.45, 2.75) is 19.8 Å². The zero-order valence-electron chi connectivity index (χ0n) is 11.5. The Kier molecular flexibility index (Phi) is 3.30. The Bertz CT molecular complexity index is 536. The average molecular weight is 270 g/mol. The number of rotatable bonds is 3. The third-order valence-corrected chi connectivity index (χ3v) is 4.09. The van der Waals surface area contributed by atoms with Gasteiger partial charge in [-0.1, -0.05) is 29.8 Å². The number of carbonyl (C=O) groups is 2. The van der Waals surface area contributed by atoms with Crippen LogP contribution in [0.15, 0.2) is 36.4 Å². The van der Waals surface area contributed by atoms with Gasteiger partial charge in [-0.25, -0.2) is 0 Å². The highest BCUT2D eigenvalue weighted by Crippen LogP contribution is 2.34. The van der Waals surface area contributed by atoms with E-state index < -0.39 is 0 Å². The molecule has 2 atom stereocenters. The summed E-state index contributed by atoms with van der Waals surface area (Å²) in [5.74, 6) is -0.368. The first kappa shape index (κ1) is 12.9. The molecule has 1 saturated heterocycles. The first-order valence-electron chi connectivity index (χ1n) is 6.97. The van der Waals surface area contributed by atoms with Crippen molar-refractivity contribution in [3.05, 3.63) is 42.0 Å². The molecular formula is C16H18N2O2. The van der Waals surface area contributed by atoms with E-state index in [9.17, 15) is 9.59 Å². The second-order valence-corrected chi connectivity index (χ2v) is 5.46. The molecule has 0 aromatic heterocycles. The van der Waals surface area contributed by atoms with E-state index in [1.807, 2.05) is 43.3 Å². The third-order valence-electron chi connectivity index (χ3n) is 4.09. The van der Waals surface area contributed by atoms with Crippen molar-refractivity contribution >= 4 is 17.5 Å². The van der Waals surface area contributed by atoms with Gasteiger partial charge >= 0.3 is 0 Å². The summed E-state index contributed by atoms with van der Waals surface area (Å²) in [5.41, 5.74) is 2.10. The van der Waals surface area contributed by atoms with Gasteiger partial charge in [-0.3, -0.25) is 14.5 Å². The number of amides is 2. The predicted molar refractivity (Wildman–Crippen MR) is 76.9 cm³/mol. The van der Waals surface area contributed by atoms with Crippen LogP contribution in [0.1, 0.15) is 18.4 Å². The summed E-state index contributed by atoms with van der Waals surface area (Å²) in [6, 6.07) is 7.91. The fourth-order valence-electron chi connectivity index (χ4n) is 2.87. The second-order valence-electron chi connectivity index (χ2n) is 5.46. The lowest BCUT2D eigenvalue weighted by Crippen LogP contribution is -2.35. The quantitative estimate of drug-likeness (QED) is 0.677. The Labute approximate surface area is 118 Å². The first-order chi connectivity index (χ1) is 9.66. The Balaban J connectivity index is 1.67. The number of likely N-dealkylation sites (tertiary alicyclic amines) is 1. The van der Waals surface area contributed by atoms with Gasteiger partial charge in [0.1, 0.15) is 0 Å². The van der Waals surface area contributed by atoms with E-state index >= 15 is 0 Å². The standard InChI is InChI=1S/C16H18N2O2/c1-11-6-8-12(9-7-11)17-10-18-15(19)13-4-2-3-5-14(13)16(18)20/h2-3,6-9,13-14,17H,4-5,10H2,1H3/t13-,14+. The molecule has 0 bridgehead atoms. The first-order valence-corrected chi connectivity index (χ1v) is 6.97. The molecule has 1 N–H and O–H groups in total. The van der Waals surface area contributed by atoms with Gasteiger partial charge in [0, 0.05) is 5.69 Å². The Morgan fingerprint density at radius 3 is 2.15 bits per heavy atom. The number of nitrogens with zero attached hydrogens (tertiary/aromatic N) is 1. The molecule has 0 saturated carbocycles. The van der Waals surface area contributed by atoms with Crippen LogP contribution in [-0.4, -0.2) is 23.4 Å². The molecule has 0 unspecified atom stereocenters. The molecular weight excluding hydrogens is 252 g/mol. The molecule has 1 aliphatic carbocycles. The van der Waals surface area contributed by atoms with Gasteiger partial charge in [-0.2, -0.15) is 0 Å². The lowest BCUT2D eigenvalue weighted by molar-refractivity contribution is -0.139. The molecule has 3 rings (SSSR count). The van der Waals surface area contributed by atoms with Gasteiger partial charge in [0.25, 0.3) is 0 Å². The number of aryl methyl sites for hydroxylation is 1. The van der Waals surface area contributed by atoms with Crippen molar-refractivity contribution in [3.8, 4) is 0 Å². The maximum absolute atomic E-state index is 12.3. The van der Waals surface area contributed by atoms with Gasteiger partial charge in [0.15, 0.2) is 0 Å². The van der Waals surface area contributed by atoms with Gasteiger partial charge in [-0.05, 0) is 31.9 Å². The van der Waals surface area contributed by atoms with E-state index in [1.165, 1.54) is 10.5 Å². The number of anilines is 1. The highest BCUT2D eigenvalue weighted by atomic mass is 16.2. The Morgan fingerprint density at radius 2 is 1.60 bits per heavy atom. The number of hydrogen-bond donors (Lipinski definition) is 1. The SMILES string of the molecule is Cc1ccc(NCN2C(=O)[C@H]3CC=CC[C@H]3C2=O)cc1. The van der Waals surface area contributed by atoms with E-state index in [2.05, 4.69) is 5.32 Å². The zero-order valence-corrected chi connectivity index (χ0v) is 11.5. The number of benzene rings is 1. The number of fused-ring (bicyclic) bond motifs is 1. The molecule has 4 heteroatoms. The fraction of sp³-hybridized carbons (Fsp3) is 0.375. The molecule has 4 nitrogen and oxygen atoms in total. The highest BCUT2D eigenvalue weighted by Gasteiger charge is 2.46. The monoisotopic (exact) mass is 270 g/mol. The van der Waals surface area contributed by atoms with Crippen LogP contribution in [0, 0.1) is 18.8 Å². The minimum absolute atomic E-state index is 0.0380. The summed E-state index contributed by atoms with van der Waals surface area (Å²) >= 11 is 0. The molecule has 20 heavy (non-hydrogen) atoms. The predicted octanol–water partition coefficient (Wildman–Crippen LogP) is 2.32. The van der Waals surface area contributed by atoms with Crippen LogP contribution in [0.3, 0.4) is 0 Å². The number of nitrogens with one attached hydrogen (secondary N) is 1. The summed E-state index contributed by atoms with van der Waals surface area (Å²) in [6.45, 7) is 2.28. The van der Waals surface area contributed by atoms with E-state index in [0.29, 0.717) is 12.8 Å². The van der Waals surface area contributed by atoms with Crippen LogP contribution in [0.4, 0.5) is 5.69 Å². The number of carbonyl (C=O) groups excluding carboxylic acids is 2. The van der Waals surface area contributed by atoms with Crippen molar-refractivity contribution in [1.29, 1.82) is 0 Å². The van der Waals surface area contributed by atoms with Crippen molar-refractivity contribution in [2.24, 2.45) is 11.8 Å². The molecule has 1 fully saturated rings. The third kappa shape index (κ3) is 2.22. The topological polar surface area (TPSA) is 49.4 Å². The summed E-state index contributed by atoms with van der Waals surface area (Å²) in [7, 11) is 0. The largest absolute Gasteiger partial charge is 0.367 e. The molecule has 1 aromatic rings. The normalized spacial score (nSPS) is 24.9.